The molecule has 1 aliphatic heterocycles. The van der Waals surface area contributed by atoms with E-state index < -0.39 is 0 Å². The summed E-state index contributed by atoms with van der Waals surface area (Å²) in [6.45, 7) is 4.26. The smallest absolute Gasteiger partial charge is 0.282 e. The van der Waals surface area contributed by atoms with E-state index in [-0.39, 0.29) is 5.56 Å². The van der Waals surface area contributed by atoms with Crippen LogP contribution < -0.4 is 15.2 Å². The van der Waals surface area contributed by atoms with Crippen LogP contribution in [0.3, 0.4) is 0 Å². The molecule has 0 atom stereocenters. The van der Waals surface area contributed by atoms with Crippen LogP contribution in [0, 0.1) is 6.92 Å². The van der Waals surface area contributed by atoms with Gasteiger partial charge in [0.2, 0.25) is 5.82 Å². The van der Waals surface area contributed by atoms with E-state index in [4.69, 9.17) is 14.1 Å². The zero-order valence-electron chi connectivity index (χ0n) is 21.0. The molecule has 0 aliphatic carbocycles. The maximum absolute atomic E-state index is 13.6. The molecule has 0 bridgehead atoms. The van der Waals surface area contributed by atoms with Crippen LogP contribution in [-0.4, -0.2) is 36.1 Å². The topological polar surface area (TPSA) is 72.9 Å². The Balaban J connectivity index is 1.45. The Morgan fingerprint density at radius 3 is 2.62 bits per heavy atom. The number of rotatable bonds is 5. The summed E-state index contributed by atoms with van der Waals surface area (Å²) < 4.78 is 12.9. The lowest BCUT2D eigenvalue weighted by Gasteiger charge is -2.29. The van der Waals surface area contributed by atoms with E-state index in [0.29, 0.717) is 33.8 Å². The van der Waals surface area contributed by atoms with Crippen molar-refractivity contribution in [3.8, 4) is 17.3 Å². The first-order valence-electron chi connectivity index (χ1n) is 12.6. The Kier molecular flexibility index (Phi) is 5.96. The molecule has 1 saturated heterocycles. The van der Waals surface area contributed by atoms with Crippen LogP contribution in [0.25, 0.3) is 33.5 Å². The zero-order valence-corrected chi connectivity index (χ0v) is 21.0. The SMILES string of the molecule is COc1cccc2oc(-c3nc4ccccc4c(=O)n3N=Cc3ccc(N4CCCCC4)cc3C)cc12. The van der Waals surface area contributed by atoms with E-state index in [1.54, 1.807) is 19.4 Å². The van der Waals surface area contributed by atoms with E-state index in [1.165, 1.54) is 29.6 Å². The summed E-state index contributed by atoms with van der Waals surface area (Å²) in [7, 11) is 1.62. The second-order valence-electron chi connectivity index (χ2n) is 9.39. The molecule has 37 heavy (non-hydrogen) atoms. The fourth-order valence-electron chi connectivity index (χ4n) is 4.99. The third-order valence-corrected chi connectivity index (χ3v) is 7.00. The Bertz CT molecular complexity index is 1690. The number of hydrogen-bond acceptors (Lipinski definition) is 6. The second kappa shape index (κ2) is 9.58. The summed E-state index contributed by atoms with van der Waals surface area (Å²) in [5, 5.41) is 5.93. The van der Waals surface area contributed by atoms with Crippen LogP contribution >= 0.6 is 0 Å². The van der Waals surface area contributed by atoms with Gasteiger partial charge >= 0.3 is 0 Å². The molecule has 3 heterocycles. The van der Waals surface area contributed by atoms with Crippen LogP contribution in [0.4, 0.5) is 5.69 Å². The van der Waals surface area contributed by atoms with Crippen molar-refractivity contribution in [1.29, 1.82) is 0 Å². The molecule has 0 saturated carbocycles. The lowest BCUT2D eigenvalue weighted by Crippen LogP contribution is -2.29. The fourth-order valence-corrected chi connectivity index (χ4v) is 4.99. The van der Waals surface area contributed by atoms with E-state index in [2.05, 4.69) is 35.1 Å². The van der Waals surface area contributed by atoms with Crippen LogP contribution in [0.2, 0.25) is 0 Å². The molecule has 7 heteroatoms. The molecule has 0 spiro atoms. The van der Waals surface area contributed by atoms with Crippen molar-refractivity contribution in [3.05, 3.63) is 88.2 Å². The molecule has 7 nitrogen and oxygen atoms in total. The molecule has 5 aromatic rings. The molecular weight excluding hydrogens is 464 g/mol. The summed E-state index contributed by atoms with van der Waals surface area (Å²) >= 11 is 0. The summed E-state index contributed by atoms with van der Waals surface area (Å²) in [6.07, 6.45) is 5.49. The summed E-state index contributed by atoms with van der Waals surface area (Å²) in [6, 6.07) is 21.1. The lowest BCUT2D eigenvalue weighted by atomic mass is 10.1. The van der Waals surface area contributed by atoms with E-state index in [0.717, 1.165) is 29.6 Å². The van der Waals surface area contributed by atoms with Crippen LogP contribution in [-0.2, 0) is 0 Å². The van der Waals surface area contributed by atoms with Gasteiger partial charge in [-0.1, -0.05) is 24.3 Å². The normalized spacial score (nSPS) is 14.2. The van der Waals surface area contributed by atoms with Crippen molar-refractivity contribution >= 4 is 33.8 Å². The Morgan fingerprint density at radius 1 is 0.973 bits per heavy atom. The highest BCUT2D eigenvalue weighted by molar-refractivity contribution is 5.89. The van der Waals surface area contributed by atoms with Crippen molar-refractivity contribution in [2.24, 2.45) is 5.10 Å². The standard InChI is InChI=1S/C30H28N4O3/c1-20-17-22(33-15-6-3-7-16-33)14-13-21(20)19-31-34-29(32-25-10-5-4-9-23(25)30(34)35)28-18-24-26(36-2)11-8-12-27(24)37-28/h4-5,8-14,17-19H,3,6-7,15-16H2,1-2H3. The molecule has 6 rings (SSSR count). The highest BCUT2D eigenvalue weighted by atomic mass is 16.5. The summed E-state index contributed by atoms with van der Waals surface area (Å²) in [4.78, 5) is 20.8. The van der Waals surface area contributed by atoms with Crippen molar-refractivity contribution < 1.29 is 9.15 Å². The predicted molar refractivity (Wildman–Crippen MR) is 148 cm³/mol. The van der Waals surface area contributed by atoms with Gasteiger partial charge in [0.05, 0.1) is 29.6 Å². The minimum atomic E-state index is -0.258. The Hall–Kier alpha value is -4.39. The quantitative estimate of drug-likeness (QED) is 0.281. The zero-order chi connectivity index (χ0) is 25.4. The van der Waals surface area contributed by atoms with Gasteiger partial charge in [0.25, 0.3) is 5.56 Å². The molecule has 0 amide bonds. The number of para-hydroxylation sites is 1. The molecule has 3 aromatic carbocycles. The van der Waals surface area contributed by atoms with Gasteiger partial charge in [-0.15, -0.1) is 0 Å². The number of anilines is 1. The Labute approximate surface area is 214 Å². The summed E-state index contributed by atoms with van der Waals surface area (Å²) in [5.41, 5.74) is 4.25. The number of methoxy groups -OCH3 is 1. The molecular formula is C30H28N4O3. The first kappa shape index (κ1) is 23.0. The average molecular weight is 493 g/mol. The van der Waals surface area contributed by atoms with E-state index >= 15 is 0 Å². The predicted octanol–water partition coefficient (Wildman–Crippen LogP) is 6.00. The number of nitrogens with zero attached hydrogens (tertiary/aromatic N) is 4. The van der Waals surface area contributed by atoms with Gasteiger partial charge in [0.15, 0.2) is 5.76 Å². The number of aromatic nitrogens is 2. The number of ether oxygens (including phenoxy) is 1. The maximum atomic E-state index is 13.6. The molecule has 2 aromatic heterocycles. The highest BCUT2D eigenvalue weighted by Crippen LogP contribution is 2.33. The monoisotopic (exact) mass is 492 g/mol. The largest absolute Gasteiger partial charge is 0.496 e. The van der Waals surface area contributed by atoms with E-state index in [1.807, 2.05) is 42.5 Å². The number of aryl methyl sites for hydroxylation is 1. The van der Waals surface area contributed by atoms with Gasteiger partial charge in [-0.3, -0.25) is 4.79 Å². The number of piperidine rings is 1. The average Bonchev–Trinajstić information content (AvgIpc) is 3.38. The molecule has 0 N–H and O–H groups in total. The van der Waals surface area contributed by atoms with Crippen molar-refractivity contribution in [2.45, 2.75) is 26.2 Å². The Morgan fingerprint density at radius 2 is 1.81 bits per heavy atom. The van der Waals surface area contributed by atoms with Crippen molar-refractivity contribution in [1.82, 2.24) is 9.66 Å². The first-order valence-corrected chi connectivity index (χ1v) is 12.6. The third kappa shape index (κ3) is 4.27. The van der Waals surface area contributed by atoms with Gasteiger partial charge in [0.1, 0.15) is 11.3 Å². The van der Waals surface area contributed by atoms with E-state index in [9.17, 15) is 4.79 Å². The molecule has 186 valence electrons. The number of fused-ring (bicyclic) bond motifs is 2. The van der Waals surface area contributed by atoms with Crippen LogP contribution in [0.15, 0.2) is 81.0 Å². The molecule has 1 aliphatic rings. The van der Waals surface area contributed by atoms with Crippen molar-refractivity contribution in [2.75, 3.05) is 25.1 Å². The summed E-state index contributed by atoms with van der Waals surface area (Å²) in [5.74, 6) is 1.47. The maximum Gasteiger partial charge on any atom is 0.282 e. The first-order chi connectivity index (χ1) is 18.1. The number of furan rings is 1. The van der Waals surface area contributed by atoms with Gasteiger partial charge in [0, 0.05) is 18.8 Å². The number of benzene rings is 3. The van der Waals surface area contributed by atoms with Gasteiger partial charge in [-0.25, -0.2) is 4.98 Å². The van der Waals surface area contributed by atoms with Crippen LogP contribution in [0.1, 0.15) is 30.4 Å². The minimum absolute atomic E-state index is 0.258. The minimum Gasteiger partial charge on any atom is -0.496 e. The molecule has 0 unspecified atom stereocenters. The van der Waals surface area contributed by atoms with Gasteiger partial charge in [-0.2, -0.15) is 9.78 Å². The molecule has 1 fully saturated rings. The third-order valence-electron chi connectivity index (χ3n) is 7.00. The van der Waals surface area contributed by atoms with Gasteiger partial charge < -0.3 is 14.1 Å². The second-order valence-corrected chi connectivity index (χ2v) is 9.39. The number of hydrogen-bond donors (Lipinski definition) is 0. The fraction of sp³-hybridized carbons (Fsp3) is 0.233. The highest BCUT2D eigenvalue weighted by Gasteiger charge is 2.18. The van der Waals surface area contributed by atoms with Crippen molar-refractivity contribution in [3.63, 3.8) is 0 Å². The molecule has 0 radical (unpaired) electrons. The van der Waals surface area contributed by atoms with Crippen LogP contribution in [0.5, 0.6) is 5.75 Å². The van der Waals surface area contributed by atoms with Gasteiger partial charge in [-0.05, 0) is 79.8 Å². The lowest BCUT2D eigenvalue weighted by molar-refractivity contribution is 0.419.